The first kappa shape index (κ1) is 19.9. The Bertz CT molecular complexity index is 720. The van der Waals surface area contributed by atoms with Crippen molar-refractivity contribution in [3.05, 3.63) is 35.5 Å². The number of methoxy groups -OCH3 is 1. The van der Waals surface area contributed by atoms with Gasteiger partial charge in [0.25, 0.3) is 5.91 Å². The van der Waals surface area contributed by atoms with E-state index in [1.807, 2.05) is 29.2 Å². The van der Waals surface area contributed by atoms with Crippen LogP contribution in [0, 0.1) is 5.92 Å². The minimum Gasteiger partial charge on any atom is -0.496 e. The largest absolute Gasteiger partial charge is 0.496 e. The number of amides is 2. The van der Waals surface area contributed by atoms with Crippen LogP contribution in [0.3, 0.4) is 0 Å². The molecule has 3 rings (SSSR count). The van der Waals surface area contributed by atoms with Crippen molar-refractivity contribution in [1.29, 1.82) is 0 Å². The molecule has 5 nitrogen and oxygen atoms in total. The molecular weight excluding hydrogens is 408 g/mol. The van der Waals surface area contributed by atoms with Crippen LogP contribution >= 0.6 is 15.9 Å². The molecule has 0 spiro atoms. The second-order valence-electron chi connectivity index (χ2n) is 7.21. The Morgan fingerprint density at radius 3 is 2.41 bits per heavy atom. The first-order valence-corrected chi connectivity index (χ1v) is 10.5. The van der Waals surface area contributed by atoms with Gasteiger partial charge in [-0.05, 0) is 54.1 Å². The highest BCUT2D eigenvalue weighted by Crippen LogP contribution is 2.33. The molecule has 0 unspecified atom stereocenters. The monoisotopic (exact) mass is 434 g/mol. The van der Waals surface area contributed by atoms with Gasteiger partial charge in [0.1, 0.15) is 11.4 Å². The fraction of sp³-hybridized carbons (Fsp3) is 0.524. The third-order valence-corrected chi connectivity index (χ3v) is 6.22. The summed E-state index contributed by atoms with van der Waals surface area (Å²) in [5, 5.41) is 2.95. The highest BCUT2D eigenvalue weighted by molar-refractivity contribution is 9.15. The summed E-state index contributed by atoms with van der Waals surface area (Å²) in [6.07, 6.45) is 7.08. The summed E-state index contributed by atoms with van der Waals surface area (Å²) in [4.78, 5) is 27.8. The molecule has 27 heavy (non-hydrogen) atoms. The molecule has 1 aliphatic heterocycles. The number of carbonyl (C=O) groups excluding carboxylic acids is 2. The molecular formula is C21H27BrN2O3. The van der Waals surface area contributed by atoms with Crippen molar-refractivity contribution < 1.29 is 14.3 Å². The van der Waals surface area contributed by atoms with Crippen LogP contribution in [0.15, 0.2) is 30.0 Å². The van der Waals surface area contributed by atoms with Gasteiger partial charge in [-0.25, -0.2) is 0 Å². The van der Waals surface area contributed by atoms with Crippen molar-refractivity contribution in [2.45, 2.75) is 44.9 Å². The maximum absolute atomic E-state index is 13.2. The molecule has 1 aromatic carbocycles. The molecule has 1 aliphatic carbocycles. The first-order valence-electron chi connectivity index (χ1n) is 9.75. The minimum atomic E-state index is -0.126. The van der Waals surface area contributed by atoms with Crippen LogP contribution in [0.25, 0.3) is 4.48 Å². The number of hydrogen-bond acceptors (Lipinski definition) is 3. The zero-order chi connectivity index (χ0) is 19.2. The van der Waals surface area contributed by atoms with Crippen LogP contribution in [-0.2, 0) is 9.59 Å². The summed E-state index contributed by atoms with van der Waals surface area (Å²) >= 11 is 3.59. The van der Waals surface area contributed by atoms with Crippen molar-refractivity contribution >= 4 is 32.2 Å². The lowest BCUT2D eigenvalue weighted by Crippen LogP contribution is -2.42. The Kier molecular flexibility index (Phi) is 6.94. The molecule has 2 fully saturated rings. The van der Waals surface area contributed by atoms with Crippen molar-refractivity contribution in [2.75, 3.05) is 20.2 Å². The maximum Gasteiger partial charge on any atom is 0.271 e. The molecule has 2 aliphatic rings. The fourth-order valence-corrected chi connectivity index (χ4v) is 4.43. The number of hydrogen-bond donors (Lipinski definition) is 1. The quantitative estimate of drug-likeness (QED) is 0.710. The number of likely N-dealkylation sites (tertiary alicyclic amines) is 1. The lowest BCUT2D eigenvalue weighted by molar-refractivity contribution is -0.131. The molecule has 1 saturated carbocycles. The summed E-state index contributed by atoms with van der Waals surface area (Å²) in [5.41, 5.74) is 1.07. The van der Waals surface area contributed by atoms with Crippen LogP contribution in [0.4, 0.5) is 0 Å². The zero-order valence-electron chi connectivity index (χ0n) is 15.8. The zero-order valence-corrected chi connectivity index (χ0v) is 17.4. The molecule has 0 aromatic heterocycles. The number of benzene rings is 1. The summed E-state index contributed by atoms with van der Waals surface area (Å²) in [7, 11) is 1.60. The number of nitrogens with zero attached hydrogens (tertiary/aromatic N) is 1. The van der Waals surface area contributed by atoms with Gasteiger partial charge in [-0.2, -0.15) is 0 Å². The topological polar surface area (TPSA) is 58.6 Å². The van der Waals surface area contributed by atoms with Gasteiger partial charge in [-0.1, -0.05) is 31.0 Å². The smallest absolute Gasteiger partial charge is 0.271 e. The van der Waals surface area contributed by atoms with E-state index in [-0.39, 0.29) is 17.7 Å². The molecule has 1 N–H and O–H groups in total. The van der Waals surface area contributed by atoms with Crippen molar-refractivity contribution in [3.63, 3.8) is 0 Å². The van der Waals surface area contributed by atoms with E-state index in [0.29, 0.717) is 15.9 Å². The Morgan fingerprint density at radius 1 is 1.07 bits per heavy atom. The lowest BCUT2D eigenvalue weighted by atomic mass is 10.1. The summed E-state index contributed by atoms with van der Waals surface area (Å²) < 4.78 is 6.02. The number of para-hydroxylation sites is 1. The van der Waals surface area contributed by atoms with E-state index in [9.17, 15) is 9.59 Å². The molecule has 2 amide bonds. The second kappa shape index (κ2) is 9.40. The number of halogens is 1. The van der Waals surface area contributed by atoms with Crippen LogP contribution in [-0.4, -0.2) is 36.9 Å². The van der Waals surface area contributed by atoms with E-state index in [1.54, 1.807) is 7.11 Å². The Hall–Kier alpha value is -1.82. The lowest BCUT2D eigenvalue weighted by Gasteiger charge is -2.28. The normalized spacial score (nSPS) is 18.8. The van der Waals surface area contributed by atoms with E-state index >= 15 is 0 Å². The van der Waals surface area contributed by atoms with E-state index in [4.69, 9.17) is 4.74 Å². The SMILES string of the molecule is COc1ccccc1/C(Br)=C(\NC(=O)C1CCCC1)C(=O)N1CCCCC1. The Balaban J connectivity index is 1.94. The van der Waals surface area contributed by atoms with Gasteiger partial charge in [-0.15, -0.1) is 0 Å². The van der Waals surface area contributed by atoms with E-state index in [0.717, 1.165) is 63.6 Å². The van der Waals surface area contributed by atoms with E-state index < -0.39 is 0 Å². The first-order chi connectivity index (χ1) is 13.1. The minimum absolute atomic E-state index is 0.00729. The fourth-order valence-electron chi connectivity index (χ4n) is 3.83. The highest BCUT2D eigenvalue weighted by atomic mass is 79.9. The van der Waals surface area contributed by atoms with Crippen molar-refractivity contribution in [3.8, 4) is 5.75 Å². The highest BCUT2D eigenvalue weighted by Gasteiger charge is 2.29. The number of ether oxygens (including phenoxy) is 1. The van der Waals surface area contributed by atoms with Gasteiger partial charge in [0.05, 0.1) is 11.6 Å². The van der Waals surface area contributed by atoms with Gasteiger partial charge < -0.3 is 15.0 Å². The Labute approximate surface area is 169 Å². The predicted molar refractivity (Wildman–Crippen MR) is 109 cm³/mol. The summed E-state index contributed by atoms with van der Waals surface area (Å²) in [6.45, 7) is 1.46. The average Bonchev–Trinajstić information content (AvgIpc) is 3.26. The molecule has 1 aromatic rings. The standard InChI is InChI=1S/C21H27BrN2O3/c1-27-17-12-6-5-11-16(17)18(22)19(21(26)24-13-7-2-8-14-24)23-20(25)15-9-3-4-10-15/h5-6,11-12,15H,2-4,7-10,13-14H2,1H3,(H,23,25)/b19-18+. The van der Waals surface area contributed by atoms with Crippen LogP contribution in [0.5, 0.6) is 5.75 Å². The third kappa shape index (κ3) is 4.72. The number of nitrogens with one attached hydrogen (secondary N) is 1. The van der Waals surface area contributed by atoms with Gasteiger partial charge in [0, 0.05) is 24.6 Å². The number of rotatable bonds is 5. The van der Waals surface area contributed by atoms with E-state index in [2.05, 4.69) is 21.2 Å². The van der Waals surface area contributed by atoms with Crippen LogP contribution in [0.1, 0.15) is 50.5 Å². The molecule has 0 bridgehead atoms. The van der Waals surface area contributed by atoms with Gasteiger partial charge in [0.15, 0.2) is 0 Å². The predicted octanol–water partition coefficient (Wildman–Crippen LogP) is 4.08. The molecule has 6 heteroatoms. The molecule has 1 heterocycles. The van der Waals surface area contributed by atoms with Gasteiger partial charge in [0.2, 0.25) is 5.91 Å². The van der Waals surface area contributed by atoms with Crippen LogP contribution in [0.2, 0.25) is 0 Å². The molecule has 1 saturated heterocycles. The van der Waals surface area contributed by atoms with Gasteiger partial charge >= 0.3 is 0 Å². The van der Waals surface area contributed by atoms with Gasteiger partial charge in [-0.3, -0.25) is 9.59 Å². The average molecular weight is 435 g/mol. The molecule has 0 radical (unpaired) electrons. The molecule has 0 atom stereocenters. The van der Waals surface area contributed by atoms with E-state index in [1.165, 1.54) is 0 Å². The van der Waals surface area contributed by atoms with Crippen molar-refractivity contribution in [2.24, 2.45) is 5.92 Å². The Morgan fingerprint density at radius 2 is 1.74 bits per heavy atom. The second-order valence-corrected chi connectivity index (χ2v) is 8.01. The molecule has 146 valence electrons. The summed E-state index contributed by atoms with van der Waals surface area (Å²) in [6, 6.07) is 7.50. The number of piperidine rings is 1. The van der Waals surface area contributed by atoms with Crippen molar-refractivity contribution in [1.82, 2.24) is 10.2 Å². The maximum atomic E-state index is 13.2. The number of carbonyl (C=O) groups is 2. The summed E-state index contributed by atoms with van der Waals surface area (Å²) in [5.74, 6) is 0.467. The third-order valence-electron chi connectivity index (χ3n) is 5.39. The van der Waals surface area contributed by atoms with Crippen LogP contribution < -0.4 is 10.1 Å².